The van der Waals surface area contributed by atoms with Gasteiger partial charge in [-0.05, 0) is 68.3 Å². The summed E-state index contributed by atoms with van der Waals surface area (Å²) in [6, 6.07) is 10.4. The first-order chi connectivity index (χ1) is 14.7. The summed E-state index contributed by atoms with van der Waals surface area (Å²) in [7, 11) is -1.09. The minimum absolute atomic E-state index is 0.0134. The van der Waals surface area contributed by atoms with E-state index in [1.807, 2.05) is 26.0 Å². The molecule has 0 radical (unpaired) electrons. The number of methoxy groups -OCH3 is 2. The highest BCUT2D eigenvalue weighted by Crippen LogP contribution is 2.30. The Bertz CT molecular complexity index is 1190. The first kappa shape index (κ1) is 22.4. The average Bonchev–Trinajstić information content (AvgIpc) is 2.74. The largest absolute Gasteiger partial charge is 0.493 e. The monoisotopic (exact) mass is 443 g/mol. The van der Waals surface area contributed by atoms with Crippen LogP contribution in [-0.4, -0.2) is 45.1 Å². The topological polar surface area (TPSA) is 97.3 Å². The molecule has 8 nitrogen and oxygen atoms in total. The highest BCUT2D eigenvalue weighted by atomic mass is 32.2. The van der Waals surface area contributed by atoms with Crippen LogP contribution in [0.5, 0.6) is 11.5 Å². The van der Waals surface area contributed by atoms with Gasteiger partial charge in [0.25, 0.3) is 5.91 Å². The Hall–Kier alpha value is -3.33. The maximum Gasteiger partial charge on any atom is 0.345 e. The lowest BCUT2D eigenvalue weighted by Gasteiger charge is -2.26. The molecule has 2 aromatic rings. The van der Waals surface area contributed by atoms with Crippen molar-refractivity contribution < 1.29 is 22.7 Å². The Morgan fingerprint density at radius 1 is 1.03 bits per heavy atom. The maximum absolute atomic E-state index is 13.0. The molecule has 9 heteroatoms. The molecule has 3 rings (SSSR count). The molecule has 0 aromatic heterocycles. The zero-order chi connectivity index (χ0) is 22.8. The third-order valence-electron chi connectivity index (χ3n) is 5.00. The normalized spacial score (nSPS) is 15.1. The van der Waals surface area contributed by atoms with Crippen LogP contribution in [0.25, 0.3) is 0 Å². The molecule has 31 heavy (non-hydrogen) atoms. The SMILES string of the molecule is CCN1C(C(=O)Nc2ccc(C)c(C)c2)=CC(c2ccc(OC)c(OC)c2)=NS1(=O)=O. The standard InChI is InChI=1S/C22H25N3O5S/c1-6-25-19(22(26)23-17-9-7-14(2)15(3)11-17)13-18(24-31(25,27)28)16-8-10-20(29-4)21(12-16)30-5/h7-13H,6H2,1-5H3,(H,23,26). The summed E-state index contributed by atoms with van der Waals surface area (Å²) in [5.41, 5.74) is 3.29. The smallest absolute Gasteiger partial charge is 0.345 e. The maximum atomic E-state index is 13.0. The van der Waals surface area contributed by atoms with E-state index in [1.54, 1.807) is 31.2 Å². The van der Waals surface area contributed by atoms with E-state index in [-0.39, 0.29) is 18.0 Å². The Balaban J connectivity index is 2.03. The number of nitrogens with zero attached hydrogens (tertiary/aromatic N) is 2. The van der Waals surface area contributed by atoms with Crippen LogP contribution in [0, 0.1) is 13.8 Å². The van der Waals surface area contributed by atoms with Gasteiger partial charge in [0.2, 0.25) is 0 Å². The number of benzene rings is 2. The molecule has 164 valence electrons. The van der Waals surface area contributed by atoms with E-state index in [4.69, 9.17) is 9.47 Å². The van der Waals surface area contributed by atoms with Crippen molar-refractivity contribution in [3.63, 3.8) is 0 Å². The number of carbonyl (C=O) groups excluding carboxylic acids is 1. The Labute approximate surface area is 182 Å². The molecule has 1 aliphatic heterocycles. The minimum atomic E-state index is -4.09. The lowest BCUT2D eigenvalue weighted by molar-refractivity contribution is -0.113. The number of hydrogen-bond donors (Lipinski definition) is 1. The number of hydrogen-bond acceptors (Lipinski definition) is 5. The van der Waals surface area contributed by atoms with E-state index in [0.717, 1.165) is 15.4 Å². The van der Waals surface area contributed by atoms with Crippen molar-refractivity contribution in [3.8, 4) is 11.5 Å². The molecule has 0 saturated carbocycles. The molecule has 1 heterocycles. The number of allylic oxidation sites excluding steroid dienone is 1. The van der Waals surface area contributed by atoms with Gasteiger partial charge in [0.1, 0.15) is 5.70 Å². The van der Waals surface area contributed by atoms with Gasteiger partial charge in [-0.15, -0.1) is 4.40 Å². The average molecular weight is 444 g/mol. The van der Waals surface area contributed by atoms with Gasteiger partial charge >= 0.3 is 10.2 Å². The zero-order valence-corrected chi connectivity index (χ0v) is 18.9. The van der Waals surface area contributed by atoms with Crippen LogP contribution in [0.3, 0.4) is 0 Å². The van der Waals surface area contributed by atoms with Crippen molar-refractivity contribution in [2.45, 2.75) is 20.8 Å². The van der Waals surface area contributed by atoms with Crippen molar-refractivity contribution in [3.05, 3.63) is 64.9 Å². The summed E-state index contributed by atoms with van der Waals surface area (Å²) in [6.07, 6.45) is 1.46. The van der Waals surface area contributed by atoms with Crippen molar-refractivity contribution in [1.82, 2.24) is 4.31 Å². The summed E-state index contributed by atoms with van der Waals surface area (Å²) in [6.45, 7) is 5.63. The number of rotatable bonds is 6. The second-order valence-electron chi connectivity index (χ2n) is 6.97. The van der Waals surface area contributed by atoms with Gasteiger partial charge in [-0.1, -0.05) is 6.07 Å². The van der Waals surface area contributed by atoms with E-state index in [0.29, 0.717) is 22.7 Å². The van der Waals surface area contributed by atoms with Gasteiger partial charge in [0.05, 0.1) is 19.9 Å². The van der Waals surface area contributed by atoms with E-state index in [1.165, 1.54) is 20.3 Å². The molecule has 1 N–H and O–H groups in total. The fourth-order valence-corrected chi connectivity index (χ4v) is 4.40. The van der Waals surface area contributed by atoms with Gasteiger partial charge in [0, 0.05) is 17.8 Å². The van der Waals surface area contributed by atoms with E-state index in [2.05, 4.69) is 9.71 Å². The lowest BCUT2D eigenvalue weighted by Crippen LogP contribution is -2.38. The summed E-state index contributed by atoms with van der Waals surface area (Å²) >= 11 is 0. The molecule has 1 amide bonds. The highest BCUT2D eigenvalue weighted by Gasteiger charge is 2.32. The third-order valence-corrected chi connectivity index (χ3v) is 6.44. The fourth-order valence-electron chi connectivity index (χ4n) is 3.18. The molecule has 0 fully saturated rings. The van der Waals surface area contributed by atoms with E-state index >= 15 is 0 Å². The number of carbonyl (C=O) groups is 1. The zero-order valence-electron chi connectivity index (χ0n) is 18.1. The van der Waals surface area contributed by atoms with Crippen LogP contribution in [0.1, 0.15) is 23.6 Å². The number of anilines is 1. The molecule has 0 spiro atoms. The molecular formula is C22H25N3O5S. The van der Waals surface area contributed by atoms with Crippen LogP contribution in [0.4, 0.5) is 5.69 Å². The van der Waals surface area contributed by atoms with Gasteiger partial charge in [0.15, 0.2) is 11.5 Å². The van der Waals surface area contributed by atoms with Crippen molar-refractivity contribution in [1.29, 1.82) is 0 Å². The van der Waals surface area contributed by atoms with Gasteiger partial charge in [-0.2, -0.15) is 8.42 Å². The molecular weight excluding hydrogens is 418 g/mol. The summed E-state index contributed by atoms with van der Waals surface area (Å²) in [5, 5.41) is 2.78. The fraction of sp³-hybridized carbons (Fsp3) is 0.273. The van der Waals surface area contributed by atoms with Crippen LogP contribution in [0.2, 0.25) is 0 Å². The molecule has 0 bridgehead atoms. The lowest BCUT2D eigenvalue weighted by atomic mass is 10.1. The van der Waals surface area contributed by atoms with Crippen LogP contribution >= 0.6 is 0 Å². The number of nitrogens with one attached hydrogen (secondary N) is 1. The van der Waals surface area contributed by atoms with Crippen LogP contribution in [0.15, 0.2) is 52.6 Å². The van der Waals surface area contributed by atoms with Gasteiger partial charge < -0.3 is 14.8 Å². The molecule has 0 aliphatic carbocycles. The van der Waals surface area contributed by atoms with E-state index in [9.17, 15) is 13.2 Å². The molecule has 0 atom stereocenters. The third kappa shape index (κ3) is 4.56. The van der Waals surface area contributed by atoms with Crippen LogP contribution in [-0.2, 0) is 15.0 Å². The predicted octanol–water partition coefficient (Wildman–Crippen LogP) is 3.21. The van der Waals surface area contributed by atoms with Crippen molar-refractivity contribution in [2.75, 3.05) is 26.1 Å². The first-order valence-electron chi connectivity index (χ1n) is 9.65. The highest BCUT2D eigenvalue weighted by molar-refractivity contribution is 7.88. The number of aryl methyl sites for hydroxylation is 2. The number of ether oxygens (including phenoxy) is 2. The van der Waals surface area contributed by atoms with Crippen molar-refractivity contribution in [2.24, 2.45) is 4.40 Å². The predicted molar refractivity (Wildman–Crippen MR) is 120 cm³/mol. The Kier molecular flexibility index (Phi) is 6.35. The second-order valence-corrected chi connectivity index (χ2v) is 8.49. The minimum Gasteiger partial charge on any atom is -0.493 e. The van der Waals surface area contributed by atoms with Crippen molar-refractivity contribution >= 4 is 27.5 Å². The van der Waals surface area contributed by atoms with Gasteiger partial charge in [-0.25, -0.2) is 4.31 Å². The molecule has 2 aromatic carbocycles. The number of amides is 1. The quantitative estimate of drug-likeness (QED) is 0.739. The molecule has 0 saturated heterocycles. The van der Waals surface area contributed by atoms with Gasteiger partial charge in [-0.3, -0.25) is 4.79 Å². The molecule has 1 aliphatic rings. The van der Waals surface area contributed by atoms with E-state index < -0.39 is 16.1 Å². The Morgan fingerprint density at radius 3 is 2.35 bits per heavy atom. The number of likely N-dealkylation sites (N-methyl/N-ethyl adjacent to an activating group) is 1. The summed E-state index contributed by atoms with van der Waals surface area (Å²) < 4.78 is 41.0. The van der Waals surface area contributed by atoms with Crippen LogP contribution < -0.4 is 14.8 Å². The second kappa shape index (κ2) is 8.81. The summed E-state index contributed by atoms with van der Waals surface area (Å²) in [5.74, 6) is 0.381. The Morgan fingerprint density at radius 2 is 1.74 bits per heavy atom. The molecule has 0 unspecified atom stereocenters. The first-order valence-corrected chi connectivity index (χ1v) is 11.0. The summed E-state index contributed by atoms with van der Waals surface area (Å²) in [4.78, 5) is 13.0.